The summed E-state index contributed by atoms with van der Waals surface area (Å²) in [6.07, 6.45) is 1.89. The summed E-state index contributed by atoms with van der Waals surface area (Å²) in [6.45, 7) is 2.11. The van der Waals surface area contributed by atoms with Crippen LogP contribution in [-0.2, 0) is 4.74 Å². The van der Waals surface area contributed by atoms with Crippen LogP contribution in [0.15, 0.2) is 48.7 Å². The summed E-state index contributed by atoms with van der Waals surface area (Å²) in [4.78, 5) is 27.6. The van der Waals surface area contributed by atoms with Gasteiger partial charge in [0.05, 0.1) is 33.0 Å². The maximum absolute atomic E-state index is 11.9. The van der Waals surface area contributed by atoms with Crippen LogP contribution in [0, 0.1) is 10.1 Å². The number of non-ortho nitro benzene ring substituents is 1. The lowest BCUT2D eigenvalue weighted by Crippen LogP contribution is -2.03. The molecule has 0 aliphatic rings. The number of carbonyl (C=O) groups excluding carboxylic acids is 1. The Kier molecular flexibility index (Phi) is 3.89. The van der Waals surface area contributed by atoms with Crippen LogP contribution in [0.1, 0.15) is 17.3 Å². The molecular weight excluding hydrogens is 354 g/mol. The molecule has 0 aliphatic heterocycles. The largest absolute Gasteiger partial charge is 0.462 e. The van der Waals surface area contributed by atoms with Crippen molar-refractivity contribution in [1.82, 2.24) is 9.38 Å². The minimum Gasteiger partial charge on any atom is -0.462 e. The van der Waals surface area contributed by atoms with Gasteiger partial charge in [0.25, 0.3) is 5.69 Å². The van der Waals surface area contributed by atoms with Gasteiger partial charge >= 0.3 is 5.97 Å². The van der Waals surface area contributed by atoms with Crippen molar-refractivity contribution in [2.24, 2.45) is 0 Å². The van der Waals surface area contributed by atoms with E-state index in [-0.39, 0.29) is 11.7 Å². The van der Waals surface area contributed by atoms with Crippen molar-refractivity contribution < 1.29 is 14.5 Å². The van der Waals surface area contributed by atoms with Gasteiger partial charge in [0, 0.05) is 23.9 Å². The van der Waals surface area contributed by atoms with Gasteiger partial charge in [-0.3, -0.25) is 14.5 Å². The van der Waals surface area contributed by atoms with Crippen LogP contribution < -0.4 is 0 Å². The lowest BCUT2D eigenvalue weighted by molar-refractivity contribution is -0.384. The third-order valence-electron chi connectivity index (χ3n) is 3.98. The van der Waals surface area contributed by atoms with Crippen LogP contribution in [0.2, 0.25) is 0 Å². The van der Waals surface area contributed by atoms with Crippen molar-refractivity contribution >= 4 is 38.2 Å². The second-order valence-electron chi connectivity index (χ2n) is 5.59. The van der Waals surface area contributed by atoms with E-state index in [1.807, 2.05) is 16.7 Å². The molecule has 0 unspecified atom stereocenters. The molecule has 2 heterocycles. The van der Waals surface area contributed by atoms with Crippen molar-refractivity contribution in [3.63, 3.8) is 0 Å². The van der Waals surface area contributed by atoms with Crippen LogP contribution >= 0.6 is 11.3 Å². The van der Waals surface area contributed by atoms with E-state index in [9.17, 15) is 14.9 Å². The van der Waals surface area contributed by atoms with Crippen molar-refractivity contribution in [3.05, 3.63) is 64.3 Å². The molecule has 0 radical (unpaired) electrons. The number of carbonyl (C=O) groups is 1. The molecule has 0 amide bonds. The zero-order chi connectivity index (χ0) is 18.3. The number of imidazole rings is 1. The predicted octanol–water partition coefficient (Wildman–Crippen LogP) is 4.30. The molecule has 0 atom stereocenters. The summed E-state index contributed by atoms with van der Waals surface area (Å²) in [5.41, 5.74) is 3.05. The Morgan fingerprint density at radius 2 is 2.04 bits per heavy atom. The molecule has 0 spiro atoms. The predicted molar refractivity (Wildman–Crippen MR) is 98.6 cm³/mol. The zero-order valence-electron chi connectivity index (χ0n) is 13.7. The van der Waals surface area contributed by atoms with Crippen molar-refractivity contribution in [2.45, 2.75) is 6.92 Å². The average molecular weight is 367 g/mol. The summed E-state index contributed by atoms with van der Waals surface area (Å²) in [6, 6.07) is 11.7. The number of nitrogens with zero attached hydrogens (tertiary/aromatic N) is 3. The molecule has 2 aromatic carbocycles. The number of hydrogen-bond acceptors (Lipinski definition) is 6. The normalized spacial score (nSPS) is 11.1. The lowest BCUT2D eigenvalue weighted by atomic mass is 10.1. The molecule has 0 bridgehead atoms. The third kappa shape index (κ3) is 2.70. The topological polar surface area (TPSA) is 86.7 Å². The van der Waals surface area contributed by atoms with Crippen LogP contribution in [0.25, 0.3) is 26.4 Å². The van der Waals surface area contributed by atoms with Crippen LogP contribution in [0.5, 0.6) is 0 Å². The first kappa shape index (κ1) is 16.2. The molecule has 130 valence electrons. The number of thiazole rings is 1. The van der Waals surface area contributed by atoms with Crippen LogP contribution in [-0.4, -0.2) is 26.9 Å². The SMILES string of the molecule is CCOC(=O)c1ccc2c(c1)sc1nc(-c3ccc([N+](=O)[O-])cc3)cn12. The highest BCUT2D eigenvalue weighted by Gasteiger charge is 2.14. The minimum atomic E-state index is -0.426. The van der Waals surface area contributed by atoms with Gasteiger partial charge in [-0.1, -0.05) is 11.3 Å². The van der Waals surface area contributed by atoms with E-state index >= 15 is 0 Å². The van der Waals surface area contributed by atoms with Gasteiger partial charge in [0.1, 0.15) is 0 Å². The molecule has 0 saturated carbocycles. The lowest BCUT2D eigenvalue weighted by Gasteiger charge is -2.01. The molecule has 8 heteroatoms. The van der Waals surface area contributed by atoms with Gasteiger partial charge in [-0.15, -0.1) is 0 Å². The second-order valence-corrected chi connectivity index (χ2v) is 6.60. The Hall–Kier alpha value is -3.26. The van der Waals surface area contributed by atoms with Gasteiger partial charge in [-0.05, 0) is 37.3 Å². The van der Waals surface area contributed by atoms with Crippen LogP contribution in [0.3, 0.4) is 0 Å². The van der Waals surface area contributed by atoms with E-state index in [0.29, 0.717) is 12.2 Å². The maximum atomic E-state index is 11.9. The summed E-state index contributed by atoms with van der Waals surface area (Å²) in [5, 5.41) is 10.8. The molecule has 4 aromatic rings. The van der Waals surface area contributed by atoms with Gasteiger partial charge in [-0.25, -0.2) is 9.78 Å². The first-order chi connectivity index (χ1) is 12.6. The molecule has 4 rings (SSSR count). The smallest absolute Gasteiger partial charge is 0.338 e. The number of fused-ring (bicyclic) bond motifs is 3. The molecule has 0 fully saturated rings. The first-order valence-electron chi connectivity index (χ1n) is 7.90. The summed E-state index contributed by atoms with van der Waals surface area (Å²) in [7, 11) is 0. The molecule has 0 aliphatic carbocycles. The number of esters is 1. The quantitative estimate of drug-likeness (QED) is 0.305. The number of benzene rings is 2. The fourth-order valence-corrected chi connectivity index (χ4v) is 3.78. The van der Waals surface area contributed by atoms with Gasteiger partial charge in [-0.2, -0.15) is 0 Å². The van der Waals surface area contributed by atoms with Gasteiger partial charge in [0.2, 0.25) is 0 Å². The molecular formula is C18H13N3O4S. The van der Waals surface area contributed by atoms with Crippen molar-refractivity contribution in [1.29, 1.82) is 0 Å². The Morgan fingerprint density at radius 1 is 1.27 bits per heavy atom. The van der Waals surface area contributed by atoms with Crippen molar-refractivity contribution in [3.8, 4) is 11.3 Å². The monoisotopic (exact) mass is 367 g/mol. The molecule has 7 nitrogen and oxygen atoms in total. The first-order valence-corrected chi connectivity index (χ1v) is 8.72. The number of hydrogen-bond donors (Lipinski definition) is 0. The van der Waals surface area contributed by atoms with Gasteiger partial charge < -0.3 is 4.74 Å². The number of ether oxygens (including phenoxy) is 1. The number of nitro groups is 1. The highest BCUT2D eigenvalue weighted by molar-refractivity contribution is 7.23. The molecule has 0 saturated heterocycles. The molecule has 26 heavy (non-hydrogen) atoms. The Bertz CT molecular complexity index is 1140. The average Bonchev–Trinajstić information content (AvgIpc) is 3.19. The van der Waals surface area contributed by atoms with Crippen LogP contribution in [0.4, 0.5) is 5.69 Å². The summed E-state index contributed by atoms with van der Waals surface area (Å²) in [5.74, 6) is -0.341. The minimum absolute atomic E-state index is 0.0479. The Balaban J connectivity index is 1.74. The number of rotatable bonds is 4. The second kappa shape index (κ2) is 6.23. The highest BCUT2D eigenvalue weighted by atomic mass is 32.1. The maximum Gasteiger partial charge on any atom is 0.338 e. The summed E-state index contributed by atoms with van der Waals surface area (Å²) >= 11 is 1.47. The number of nitro benzene ring substituents is 1. The summed E-state index contributed by atoms with van der Waals surface area (Å²) < 4.78 is 7.92. The van der Waals surface area contributed by atoms with E-state index < -0.39 is 4.92 Å². The number of aromatic nitrogens is 2. The van der Waals surface area contributed by atoms with E-state index in [2.05, 4.69) is 4.98 Å². The fraction of sp³-hybridized carbons (Fsp3) is 0.111. The fourth-order valence-electron chi connectivity index (χ4n) is 2.74. The molecule has 0 N–H and O–H groups in total. The van der Waals surface area contributed by atoms with E-state index in [1.165, 1.54) is 23.5 Å². The van der Waals surface area contributed by atoms with Gasteiger partial charge in [0.15, 0.2) is 4.96 Å². The standard InChI is InChI=1S/C18H13N3O4S/c1-2-25-17(22)12-5-8-15-16(9-12)26-18-19-14(10-20(15)18)11-3-6-13(7-4-11)21(23)24/h3-10H,2H2,1H3. The van der Waals surface area contributed by atoms with E-state index in [0.717, 1.165) is 26.4 Å². The van der Waals surface area contributed by atoms with Crippen molar-refractivity contribution in [2.75, 3.05) is 6.61 Å². The highest BCUT2D eigenvalue weighted by Crippen LogP contribution is 2.30. The van der Waals surface area contributed by atoms with E-state index in [4.69, 9.17) is 4.74 Å². The Labute approximate surface area is 151 Å². The third-order valence-corrected chi connectivity index (χ3v) is 5.00. The molecule has 2 aromatic heterocycles. The van der Waals surface area contributed by atoms with E-state index in [1.54, 1.807) is 31.2 Å². The Morgan fingerprint density at radius 3 is 2.73 bits per heavy atom. The zero-order valence-corrected chi connectivity index (χ0v) is 14.5.